The number of Topliss-reactive ketones (excluding diaryl/α,β-unsaturated/α-hetero) is 1. The molecule has 1 fully saturated rings. The van der Waals surface area contributed by atoms with Crippen LogP contribution in [0.2, 0.25) is 0 Å². The molecule has 0 bridgehead atoms. The van der Waals surface area contributed by atoms with Crippen molar-refractivity contribution < 1.29 is 9.59 Å². The van der Waals surface area contributed by atoms with Crippen molar-refractivity contribution in [2.45, 2.75) is 26.2 Å². The van der Waals surface area contributed by atoms with Crippen LogP contribution in [0.1, 0.15) is 36.7 Å². The zero-order valence-corrected chi connectivity index (χ0v) is 10.6. The lowest BCUT2D eigenvalue weighted by atomic mass is 9.98. The van der Waals surface area contributed by atoms with Crippen molar-refractivity contribution >= 4 is 17.8 Å². The molecule has 4 heteroatoms. The second kappa shape index (κ2) is 5.76. The highest BCUT2D eigenvalue weighted by atomic mass is 16.1. The standard InChI is InChI=1S/C14H18N2O2/c1-2-14(18)13-4-3-12(9-15-13)16-7-5-11(10-17)6-8-16/h3-4,9-11H,2,5-8H2,1H3. The summed E-state index contributed by atoms with van der Waals surface area (Å²) >= 11 is 0. The van der Waals surface area contributed by atoms with E-state index >= 15 is 0 Å². The number of aromatic nitrogens is 1. The maximum absolute atomic E-state index is 11.5. The predicted octanol–water partition coefficient (Wildman–Crippen LogP) is 2.09. The van der Waals surface area contributed by atoms with Gasteiger partial charge in [0.2, 0.25) is 0 Å². The van der Waals surface area contributed by atoms with Gasteiger partial charge in [-0.05, 0) is 25.0 Å². The molecular formula is C14H18N2O2. The van der Waals surface area contributed by atoms with Crippen LogP contribution in [-0.2, 0) is 4.79 Å². The summed E-state index contributed by atoms with van der Waals surface area (Å²) in [5, 5.41) is 0. The Kier molecular flexibility index (Phi) is 4.07. The molecule has 0 spiro atoms. The summed E-state index contributed by atoms with van der Waals surface area (Å²) in [7, 11) is 0. The molecular weight excluding hydrogens is 228 g/mol. The largest absolute Gasteiger partial charge is 0.370 e. The summed E-state index contributed by atoms with van der Waals surface area (Å²) in [4.78, 5) is 28.6. The van der Waals surface area contributed by atoms with Crippen LogP contribution < -0.4 is 4.90 Å². The fourth-order valence-electron chi connectivity index (χ4n) is 2.21. The van der Waals surface area contributed by atoms with E-state index in [4.69, 9.17) is 0 Å². The summed E-state index contributed by atoms with van der Waals surface area (Å²) < 4.78 is 0. The molecule has 0 saturated carbocycles. The zero-order chi connectivity index (χ0) is 13.0. The van der Waals surface area contributed by atoms with Crippen LogP contribution >= 0.6 is 0 Å². The van der Waals surface area contributed by atoms with Crippen LogP contribution in [0.3, 0.4) is 0 Å². The molecule has 0 aromatic carbocycles. The van der Waals surface area contributed by atoms with Gasteiger partial charge in [0.1, 0.15) is 12.0 Å². The number of ketones is 1. The molecule has 2 heterocycles. The third-order valence-electron chi connectivity index (χ3n) is 3.45. The van der Waals surface area contributed by atoms with Gasteiger partial charge < -0.3 is 9.69 Å². The molecule has 1 aliphatic heterocycles. The first-order chi connectivity index (χ1) is 8.74. The van der Waals surface area contributed by atoms with E-state index < -0.39 is 0 Å². The van der Waals surface area contributed by atoms with Gasteiger partial charge in [-0.25, -0.2) is 0 Å². The summed E-state index contributed by atoms with van der Waals surface area (Å²) in [6, 6.07) is 3.73. The Balaban J connectivity index is 2.02. The highest BCUT2D eigenvalue weighted by Crippen LogP contribution is 2.21. The van der Waals surface area contributed by atoms with Gasteiger partial charge in [-0.15, -0.1) is 0 Å². The minimum absolute atomic E-state index is 0.0706. The molecule has 0 atom stereocenters. The van der Waals surface area contributed by atoms with Crippen molar-refractivity contribution in [2.24, 2.45) is 5.92 Å². The van der Waals surface area contributed by atoms with E-state index in [9.17, 15) is 9.59 Å². The van der Waals surface area contributed by atoms with E-state index in [0.29, 0.717) is 12.1 Å². The zero-order valence-electron chi connectivity index (χ0n) is 10.6. The minimum atomic E-state index is 0.0706. The Morgan fingerprint density at radius 1 is 1.44 bits per heavy atom. The highest BCUT2D eigenvalue weighted by molar-refractivity contribution is 5.94. The molecule has 1 aromatic rings. The van der Waals surface area contributed by atoms with Crippen molar-refractivity contribution in [3.63, 3.8) is 0 Å². The lowest BCUT2D eigenvalue weighted by Crippen LogP contribution is -2.34. The topological polar surface area (TPSA) is 50.3 Å². The first-order valence-electron chi connectivity index (χ1n) is 6.44. The second-order valence-electron chi connectivity index (χ2n) is 4.64. The van der Waals surface area contributed by atoms with Gasteiger partial charge >= 0.3 is 0 Å². The Morgan fingerprint density at radius 2 is 2.17 bits per heavy atom. The minimum Gasteiger partial charge on any atom is -0.370 e. The summed E-state index contributed by atoms with van der Waals surface area (Å²) in [5.41, 5.74) is 1.57. The molecule has 0 N–H and O–H groups in total. The van der Waals surface area contributed by atoms with Crippen molar-refractivity contribution in [3.8, 4) is 0 Å². The quantitative estimate of drug-likeness (QED) is 0.603. The van der Waals surface area contributed by atoms with Crippen molar-refractivity contribution in [1.29, 1.82) is 0 Å². The molecule has 2 rings (SSSR count). The third-order valence-corrected chi connectivity index (χ3v) is 3.45. The SMILES string of the molecule is CCC(=O)c1ccc(N2CCC(C=O)CC2)cn1. The highest BCUT2D eigenvalue weighted by Gasteiger charge is 2.19. The van der Waals surface area contributed by atoms with Gasteiger partial charge in [-0.3, -0.25) is 9.78 Å². The number of pyridine rings is 1. The van der Waals surface area contributed by atoms with E-state index in [-0.39, 0.29) is 11.7 Å². The van der Waals surface area contributed by atoms with E-state index in [2.05, 4.69) is 9.88 Å². The normalized spacial score (nSPS) is 16.6. The van der Waals surface area contributed by atoms with Gasteiger partial charge in [0.15, 0.2) is 5.78 Å². The average molecular weight is 246 g/mol. The van der Waals surface area contributed by atoms with Gasteiger partial charge in [0.25, 0.3) is 0 Å². The molecule has 0 unspecified atom stereocenters. The Hall–Kier alpha value is -1.71. The van der Waals surface area contributed by atoms with Crippen LogP contribution in [0.25, 0.3) is 0 Å². The van der Waals surface area contributed by atoms with Crippen molar-refractivity contribution in [2.75, 3.05) is 18.0 Å². The Bertz CT molecular complexity index is 420. The lowest BCUT2D eigenvalue weighted by molar-refractivity contribution is -0.111. The number of rotatable bonds is 4. The van der Waals surface area contributed by atoms with Crippen LogP contribution in [0.4, 0.5) is 5.69 Å². The molecule has 0 radical (unpaired) electrons. The first-order valence-corrected chi connectivity index (χ1v) is 6.44. The molecule has 18 heavy (non-hydrogen) atoms. The summed E-state index contributed by atoms with van der Waals surface area (Å²) in [6.45, 7) is 3.60. The number of piperidine rings is 1. The number of aldehydes is 1. The molecule has 96 valence electrons. The van der Waals surface area contributed by atoms with E-state index in [1.807, 2.05) is 13.0 Å². The van der Waals surface area contributed by atoms with Crippen LogP contribution in [0.5, 0.6) is 0 Å². The number of nitrogens with zero attached hydrogens (tertiary/aromatic N) is 2. The van der Waals surface area contributed by atoms with Crippen molar-refractivity contribution in [3.05, 3.63) is 24.0 Å². The monoisotopic (exact) mass is 246 g/mol. The maximum Gasteiger partial charge on any atom is 0.180 e. The van der Waals surface area contributed by atoms with Gasteiger partial charge in [-0.2, -0.15) is 0 Å². The predicted molar refractivity (Wildman–Crippen MR) is 69.9 cm³/mol. The second-order valence-corrected chi connectivity index (χ2v) is 4.64. The van der Waals surface area contributed by atoms with Crippen LogP contribution in [0, 0.1) is 5.92 Å². The van der Waals surface area contributed by atoms with Gasteiger partial charge in [-0.1, -0.05) is 6.92 Å². The van der Waals surface area contributed by atoms with Gasteiger partial charge in [0.05, 0.1) is 11.9 Å². The number of anilines is 1. The fraction of sp³-hybridized carbons (Fsp3) is 0.500. The third kappa shape index (κ3) is 2.75. The number of hydrogen-bond acceptors (Lipinski definition) is 4. The van der Waals surface area contributed by atoms with E-state index in [0.717, 1.165) is 37.9 Å². The van der Waals surface area contributed by atoms with E-state index in [1.165, 1.54) is 0 Å². The lowest BCUT2D eigenvalue weighted by Gasteiger charge is -2.31. The van der Waals surface area contributed by atoms with E-state index in [1.54, 1.807) is 12.3 Å². The molecule has 0 aliphatic carbocycles. The molecule has 1 saturated heterocycles. The smallest absolute Gasteiger partial charge is 0.180 e. The number of carbonyl (C=O) groups is 2. The summed E-state index contributed by atoms with van der Waals surface area (Å²) in [6.07, 6.45) is 5.10. The molecule has 1 aromatic heterocycles. The first kappa shape index (κ1) is 12.7. The average Bonchev–Trinajstić information content (AvgIpc) is 2.47. The molecule has 1 aliphatic rings. The van der Waals surface area contributed by atoms with Crippen LogP contribution in [0.15, 0.2) is 18.3 Å². The summed E-state index contributed by atoms with van der Waals surface area (Å²) in [5.74, 6) is 0.274. The Labute approximate surface area is 107 Å². The number of hydrogen-bond donors (Lipinski definition) is 0. The van der Waals surface area contributed by atoms with Gasteiger partial charge in [0, 0.05) is 25.4 Å². The Morgan fingerprint density at radius 3 is 2.67 bits per heavy atom. The molecule has 0 amide bonds. The fourth-order valence-corrected chi connectivity index (χ4v) is 2.21. The van der Waals surface area contributed by atoms with Crippen molar-refractivity contribution in [1.82, 2.24) is 4.98 Å². The molecule has 4 nitrogen and oxygen atoms in total. The number of carbonyl (C=O) groups excluding carboxylic acids is 2. The van der Waals surface area contributed by atoms with Crippen LogP contribution in [-0.4, -0.2) is 30.1 Å². The maximum atomic E-state index is 11.5.